The number of rotatable bonds is 5. The molecule has 5 heteroatoms. The van der Waals surface area contributed by atoms with Gasteiger partial charge in [0, 0.05) is 11.6 Å². The van der Waals surface area contributed by atoms with E-state index in [1.165, 1.54) is 5.56 Å². The number of aromatic nitrogens is 2. The van der Waals surface area contributed by atoms with Gasteiger partial charge in [-0.25, -0.2) is 4.98 Å². The van der Waals surface area contributed by atoms with Crippen molar-refractivity contribution in [3.63, 3.8) is 0 Å². The van der Waals surface area contributed by atoms with Crippen molar-refractivity contribution >= 4 is 22.6 Å². The lowest BCUT2D eigenvalue weighted by Gasteiger charge is -2.11. The molecule has 0 aliphatic rings. The van der Waals surface area contributed by atoms with Crippen LogP contribution in [0.15, 0.2) is 36.4 Å². The van der Waals surface area contributed by atoms with Gasteiger partial charge in [0.05, 0.1) is 25.3 Å². The van der Waals surface area contributed by atoms with E-state index in [4.69, 9.17) is 21.1 Å². The summed E-state index contributed by atoms with van der Waals surface area (Å²) in [5.41, 5.74) is 3.23. The van der Waals surface area contributed by atoms with Gasteiger partial charge in [0.15, 0.2) is 11.5 Å². The van der Waals surface area contributed by atoms with E-state index in [9.17, 15) is 0 Å². The van der Waals surface area contributed by atoms with Gasteiger partial charge in [-0.2, -0.15) is 0 Å². The molecule has 1 aromatic heterocycles. The quantitative estimate of drug-likeness (QED) is 0.701. The number of methoxy groups -OCH3 is 2. The zero-order valence-electron chi connectivity index (χ0n) is 13.5. The molecule has 0 aliphatic heterocycles. The highest BCUT2D eigenvalue weighted by molar-refractivity contribution is 6.31. The number of ether oxygens (including phenoxy) is 2. The van der Waals surface area contributed by atoms with E-state index in [2.05, 4.69) is 15.6 Å². The predicted octanol–water partition coefficient (Wildman–Crippen LogP) is 4.26. The van der Waals surface area contributed by atoms with Crippen LogP contribution in [0.1, 0.15) is 11.4 Å². The molecule has 4 nitrogen and oxygen atoms in total. The summed E-state index contributed by atoms with van der Waals surface area (Å²) in [4.78, 5) is 4.58. The Morgan fingerprint density at radius 3 is 2.57 bits per heavy atom. The molecule has 0 aliphatic carbocycles. The van der Waals surface area contributed by atoms with E-state index >= 15 is 0 Å². The highest BCUT2D eigenvalue weighted by atomic mass is 35.5. The fourth-order valence-electron chi connectivity index (χ4n) is 2.78. The summed E-state index contributed by atoms with van der Waals surface area (Å²) in [6.45, 7) is 2.86. The Morgan fingerprint density at radius 1 is 1.04 bits per heavy atom. The second-order valence-electron chi connectivity index (χ2n) is 5.38. The number of aryl methyl sites for hydroxylation is 3. The first-order valence-electron chi connectivity index (χ1n) is 7.45. The van der Waals surface area contributed by atoms with Crippen LogP contribution in [0.25, 0.3) is 11.0 Å². The van der Waals surface area contributed by atoms with E-state index in [-0.39, 0.29) is 0 Å². The van der Waals surface area contributed by atoms with Crippen molar-refractivity contribution in [2.45, 2.75) is 19.9 Å². The molecule has 0 saturated heterocycles. The van der Waals surface area contributed by atoms with Gasteiger partial charge in [-0.3, -0.25) is 0 Å². The molecule has 0 unspecified atom stereocenters. The Balaban J connectivity index is 1.85. The lowest BCUT2D eigenvalue weighted by molar-refractivity contribution is 0.354. The van der Waals surface area contributed by atoms with Crippen molar-refractivity contribution < 1.29 is 9.47 Å². The summed E-state index contributed by atoms with van der Waals surface area (Å²) >= 11 is 6.04. The Morgan fingerprint density at radius 2 is 1.83 bits per heavy atom. The van der Waals surface area contributed by atoms with Gasteiger partial charge in [-0.05, 0) is 49.2 Å². The van der Waals surface area contributed by atoms with Crippen LogP contribution in [-0.2, 0) is 13.0 Å². The van der Waals surface area contributed by atoms with E-state index in [0.29, 0.717) is 5.02 Å². The first-order chi connectivity index (χ1) is 11.1. The Bertz CT molecular complexity index is 842. The van der Waals surface area contributed by atoms with Crippen LogP contribution < -0.4 is 9.47 Å². The lowest BCUT2D eigenvalue weighted by atomic mass is 10.1. The minimum absolute atomic E-state index is 0.710. The minimum Gasteiger partial charge on any atom is -0.493 e. The molecule has 0 bridgehead atoms. The average molecular weight is 331 g/mol. The minimum atomic E-state index is 0.710. The maximum absolute atomic E-state index is 6.04. The van der Waals surface area contributed by atoms with Gasteiger partial charge in [0.2, 0.25) is 0 Å². The highest BCUT2D eigenvalue weighted by Crippen LogP contribution is 2.28. The fourth-order valence-corrected chi connectivity index (χ4v) is 2.95. The van der Waals surface area contributed by atoms with Gasteiger partial charge >= 0.3 is 0 Å². The van der Waals surface area contributed by atoms with E-state index in [1.54, 1.807) is 14.2 Å². The molecule has 0 saturated carbocycles. The first-order valence-corrected chi connectivity index (χ1v) is 7.83. The SMILES string of the molecule is COc1ccc(CCn2c(C)nc3cc(Cl)ccc32)cc1OC. The fraction of sp³-hybridized carbons (Fsp3) is 0.278. The van der Waals surface area contributed by atoms with Gasteiger partial charge in [-0.1, -0.05) is 17.7 Å². The summed E-state index contributed by atoms with van der Waals surface area (Å²) < 4.78 is 12.8. The number of hydrogen-bond acceptors (Lipinski definition) is 3. The third-order valence-electron chi connectivity index (χ3n) is 3.97. The number of benzene rings is 2. The molecule has 0 atom stereocenters. The summed E-state index contributed by atoms with van der Waals surface area (Å²) in [7, 11) is 3.29. The zero-order valence-corrected chi connectivity index (χ0v) is 14.2. The number of fused-ring (bicyclic) bond motifs is 1. The zero-order chi connectivity index (χ0) is 16.4. The van der Waals surface area contributed by atoms with Gasteiger partial charge < -0.3 is 14.0 Å². The molecule has 3 aromatic rings. The first kappa shape index (κ1) is 15.7. The van der Waals surface area contributed by atoms with Crippen molar-refractivity contribution in [2.24, 2.45) is 0 Å². The summed E-state index contributed by atoms with van der Waals surface area (Å²) in [6.07, 6.45) is 0.884. The molecule has 120 valence electrons. The molecule has 0 N–H and O–H groups in total. The molecule has 0 amide bonds. The topological polar surface area (TPSA) is 36.3 Å². The Labute approximate surface area is 140 Å². The molecule has 0 spiro atoms. The number of nitrogens with zero attached hydrogens (tertiary/aromatic N) is 2. The third-order valence-corrected chi connectivity index (χ3v) is 4.21. The van der Waals surface area contributed by atoms with Crippen molar-refractivity contribution in [2.75, 3.05) is 14.2 Å². The molecular formula is C18H19ClN2O2. The summed E-state index contributed by atoms with van der Waals surface area (Å²) in [5.74, 6) is 2.49. The molecule has 3 rings (SSSR count). The van der Waals surface area contributed by atoms with Crippen LogP contribution in [-0.4, -0.2) is 23.8 Å². The third kappa shape index (κ3) is 3.13. The van der Waals surface area contributed by atoms with E-state index in [0.717, 1.165) is 41.3 Å². The maximum atomic E-state index is 6.04. The van der Waals surface area contributed by atoms with Gasteiger partial charge in [0.1, 0.15) is 5.82 Å². The Hall–Kier alpha value is -2.20. The van der Waals surface area contributed by atoms with Crippen LogP contribution >= 0.6 is 11.6 Å². The summed E-state index contributed by atoms with van der Waals surface area (Å²) in [6, 6.07) is 11.8. The second kappa shape index (κ2) is 6.50. The monoisotopic (exact) mass is 330 g/mol. The molecular weight excluding hydrogens is 312 g/mol. The van der Waals surface area contributed by atoms with Gasteiger partial charge in [0.25, 0.3) is 0 Å². The van der Waals surface area contributed by atoms with E-state index < -0.39 is 0 Å². The number of halogens is 1. The van der Waals surface area contributed by atoms with Crippen molar-refractivity contribution in [1.29, 1.82) is 0 Å². The van der Waals surface area contributed by atoms with Crippen LogP contribution in [0, 0.1) is 6.92 Å². The molecule has 23 heavy (non-hydrogen) atoms. The largest absolute Gasteiger partial charge is 0.493 e. The molecule has 2 aromatic carbocycles. The second-order valence-corrected chi connectivity index (χ2v) is 5.82. The van der Waals surface area contributed by atoms with Crippen molar-refractivity contribution in [3.05, 3.63) is 52.8 Å². The molecule has 0 fully saturated rings. The van der Waals surface area contributed by atoms with E-state index in [1.807, 2.05) is 37.3 Å². The predicted molar refractivity (Wildman–Crippen MR) is 92.7 cm³/mol. The molecule has 1 heterocycles. The van der Waals surface area contributed by atoms with Crippen LogP contribution in [0.3, 0.4) is 0 Å². The summed E-state index contributed by atoms with van der Waals surface area (Å²) in [5, 5.41) is 0.710. The maximum Gasteiger partial charge on any atom is 0.160 e. The number of imidazole rings is 1. The lowest BCUT2D eigenvalue weighted by Crippen LogP contribution is -2.04. The van der Waals surface area contributed by atoms with Crippen LogP contribution in [0.2, 0.25) is 5.02 Å². The average Bonchev–Trinajstić information content (AvgIpc) is 2.86. The smallest absolute Gasteiger partial charge is 0.160 e. The van der Waals surface area contributed by atoms with Crippen molar-refractivity contribution in [3.8, 4) is 11.5 Å². The standard InChI is InChI=1S/C18H19ClN2O2/c1-12-20-15-11-14(19)5-6-16(15)21(12)9-8-13-4-7-17(22-2)18(10-13)23-3/h4-7,10-11H,8-9H2,1-3H3. The van der Waals surface area contributed by atoms with Crippen molar-refractivity contribution in [1.82, 2.24) is 9.55 Å². The normalized spacial score (nSPS) is 11.0. The molecule has 0 radical (unpaired) electrons. The highest BCUT2D eigenvalue weighted by Gasteiger charge is 2.09. The van der Waals surface area contributed by atoms with Crippen LogP contribution in [0.5, 0.6) is 11.5 Å². The van der Waals surface area contributed by atoms with Crippen LogP contribution in [0.4, 0.5) is 0 Å². The number of hydrogen-bond donors (Lipinski definition) is 0. The Kier molecular flexibility index (Phi) is 4.44. The van der Waals surface area contributed by atoms with Gasteiger partial charge in [-0.15, -0.1) is 0 Å².